The van der Waals surface area contributed by atoms with Gasteiger partial charge >= 0.3 is 6.36 Å². The van der Waals surface area contributed by atoms with E-state index < -0.39 is 11.3 Å². The number of alkyl halides is 3. The largest absolute Gasteiger partial charge is 0.573 e. The van der Waals surface area contributed by atoms with E-state index in [4.69, 9.17) is 11.6 Å². The molecule has 1 aliphatic heterocycles. The lowest BCUT2D eigenvalue weighted by Gasteiger charge is -2.35. The summed E-state index contributed by atoms with van der Waals surface area (Å²) in [6.45, 7) is 2.84. The molecule has 1 saturated heterocycles. The minimum absolute atomic E-state index is 0. The normalized spacial score (nSPS) is 15.5. The molecule has 166 valence electrons. The molecular weight excluding hydrogens is 470 g/mol. The Hall–Kier alpha value is -1.78. The summed E-state index contributed by atoms with van der Waals surface area (Å²) in [6, 6.07) is 9.76. The van der Waals surface area contributed by atoms with Crippen molar-refractivity contribution in [3.63, 3.8) is 0 Å². The number of piperazine rings is 1. The molecule has 1 heterocycles. The monoisotopic (exact) mass is 487 g/mol. The molecule has 12 heteroatoms. The minimum Gasteiger partial charge on any atom is -0.406 e. The Morgan fingerprint density at radius 2 is 1.63 bits per heavy atom. The first-order valence-corrected chi connectivity index (χ1v) is 8.87. The summed E-state index contributed by atoms with van der Waals surface area (Å²) in [4.78, 5) is 12.8. The number of rotatable bonds is 5. The van der Waals surface area contributed by atoms with E-state index in [1.165, 1.54) is 36.4 Å². The van der Waals surface area contributed by atoms with Gasteiger partial charge in [-0.1, -0.05) is 29.8 Å². The average molecular weight is 489 g/mol. The fourth-order valence-corrected chi connectivity index (χ4v) is 3.43. The van der Waals surface area contributed by atoms with Crippen LogP contribution in [0.15, 0.2) is 42.5 Å². The summed E-state index contributed by atoms with van der Waals surface area (Å²) in [5.74, 6) is -0.322. The summed E-state index contributed by atoms with van der Waals surface area (Å²) < 4.78 is 41.1. The molecule has 0 spiro atoms. The van der Waals surface area contributed by atoms with E-state index in [2.05, 4.69) is 15.0 Å². The summed E-state index contributed by atoms with van der Waals surface area (Å²) in [5, 5.41) is 14.5. The predicted octanol–water partition coefficient (Wildman–Crippen LogP) is 4.99. The summed E-state index contributed by atoms with van der Waals surface area (Å²) in [6.07, 6.45) is -4.77. The van der Waals surface area contributed by atoms with E-state index in [1.807, 2.05) is 0 Å². The molecule has 1 atom stereocenters. The van der Waals surface area contributed by atoms with E-state index in [0.717, 1.165) is 13.1 Å². The average Bonchev–Trinajstić information content (AvgIpc) is 2.64. The molecule has 1 N–H and O–H groups in total. The van der Waals surface area contributed by atoms with Gasteiger partial charge < -0.3 is 10.1 Å². The van der Waals surface area contributed by atoms with Gasteiger partial charge in [0.25, 0.3) is 5.69 Å². The topological polar surface area (TPSA) is 67.6 Å². The van der Waals surface area contributed by atoms with Crippen LogP contribution in [0, 0.1) is 10.1 Å². The van der Waals surface area contributed by atoms with Gasteiger partial charge in [0, 0.05) is 32.2 Å². The van der Waals surface area contributed by atoms with E-state index in [9.17, 15) is 23.3 Å². The Kier molecular flexibility index (Phi) is 9.64. The van der Waals surface area contributed by atoms with Gasteiger partial charge in [0.05, 0.1) is 11.0 Å². The molecule has 1 aliphatic rings. The molecule has 2 aromatic carbocycles. The quantitative estimate of drug-likeness (QED) is 0.475. The minimum atomic E-state index is -4.77. The van der Waals surface area contributed by atoms with Crippen LogP contribution < -0.4 is 10.1 Å². The molecule has 0 bridgehead atoms. The zero-order chi connectivity index (χ0) is 20.3. The summed E-state index contributed by atoms with van der Waals surface area (Å²) in [5.41, 5.74) is 1.13. The smallest absolute Gasteiger partial charge is 0.406 e. The Morgan fingerprint density at radius 3 is 2.17 bits per heavy atom. The number of ether oxygens (including phenoxy) is 1. The lowest BCUT2D eigenvalue weighted by atomic mass is 9.96. The van der Waals surface area contributed by atoms with E-state index >= 15 is 0 Å². The van der Waals surface area contributed by atoms with Gasteiger partial charge in [-0.25, -0.2) is 0 Å². The van der Waals surface area contributed by atoms with Crippen molar-refractivity contribution in [2.24, 2.45) is 0 Å². The van der Waals surface area contributed by atoms with Crippen LogP contribution in [0.25, 0.3) is 0 Å². The number of nitrogens with one attached hydrogen (secondary N) is 1. The molecule has 2 aromatic rings. The molecule has 0 unspecified atom stereocenters. The van der Waals surface area contributed by atoms with Crippen molar-refractivity contribution in [1.82, 2.24) is 10.2 Å². The maximum Gasteiger partial charge on any atom is 0.573 e. The Bertz CT molecular complexity index is 848. The van der Waals surface area contributed by atoms with Gasteiger partial charge in [-0.05, 0) is 29.3 Å². The van der Waals surface area contributed by atoms with Gasteiger partial charge in [-0.2, -0.15) is 0 Å². The van der Waals surface area contributed by atoms with Crippen LogP contribution >= 0.6 is 36.4 Å². The Labute approximate surface area is 188 Å². The lowest BCUT2D eigenvalue weighted by Crippen LogP contribution is -2.45. The number of hydrogen-bond acceptors (Lipinski definition) is 5. The second-order valence-corrected chi connectivity index (χ2v) is 6.68. The Balaban J connectivity index is 0.00000225. The molecule has 1 fully saturated rings. The Morgan fingerprint density at radius 1 is 1.07 bits per heavy atom. The van der Waals surface area contributed by atoms with Gasteiger partial charge in [0.1, 0.15) is 10.8 Å². The third-order valence-corrected chi connectivity index (χ3v) is 4.75. The van der Waals surface area contributed by atoms with Crippen molar-refractivity contribution in [2.75, 3.05) is 26.2 Å². The molecule has 0 saturated carbocycles. The van der Waals surface area contributed by atoms with Crippen molar-refractivity contribution in [3.05, 3.63) is 68.7 Å². The number of benzene rings is 2. The highest BCUT2D eigenvalue weighted by Crippen LogP contribution is 2.35. The second-order valence-electron chi connectivity index (χ2n) is 6.27. The van der Waals surface area contributed by atoms with Crippen molar-refractivity contribution in [3.8, 4) is 5.75 Å². The van der Waals surface area contributed by atoms with Crippen LogP contribution in [0.5, 0.6) is 5.75 Å². The molecule has 30 heavy (non-hydrogen) atoms. The van der Waals surface area contributed by atoms with Gasteiger partial charge in [0.2, 0.25) is 0 Å². The lowest BCUT2D eigenvalue weighted by molar-refractivity contribution is -0.384. The molecular formula is C18H19Cl3F3N3O3. The van der Waals surface area contributed by atoms with E-state index in [1.54, 1.807) is 6.07 Å². The highest BCUT2D eigenvalue weighted by Gasteiger charge is 2.31. The van der Waals surface area contributed by atoms with Crippen LogP contribution in [0.3, 0.4) is 0 Å². The second kappa shape index (κ2) is 11.0. The SMILES string of the molecule is Cl.Cl.O=[N+]([O-])c1cc([C@@H](c2ccc(OC(F)(F)F)cc2)N2CCNCC2)ccc1Cl. The number of halogens is 6. The molecule has 0 aromatic heterocycles. The highest BCUT2D eigenvalue weighted by atomic mass is 35.5. The summed E-state index contributed by atoms with van der Waals surface area (Å²) in [7, 11) is 0. The van der Waals surface area contributed by atoms with E-state index in [0.29, 0.717) is 24.2 Å². The van der Waals surface area contributed by atoms with Crippen LogP contribution in [0.2, 0.25) is 5.02 Å². The van der Waals surface area contributed by atoms with Gasteiger partial charge in [0.15, 0.2) is 0 Å². The van der Waals surface area contributed by atoms with Crippen LogP contribution in [0.1, 0.15) is 17.2 Å². The zero-order valence-corrected chi connectivity index (χ0v) is 17.8. The van der Waals surface area contributed by atoms with Gasteiger partial charge in [-0.15, -0.1) is 38.0 Å². The molecule has 0 aliphatic carbocycles. The maximum absolute atomic E-state index is 12.4. The predicted molar refractivity (Wildman–Crippen MR) is 112 cm³/mol. The van der Waals surface area contributed by atoms with Crippen molar-refractivity contribution in [1.29, 1.82) is 0 Å². The molecule has 0 amide bonds. The zero-order valence-electron chi connectivity index (χ0n) is 15.4. The van der Waals surface area contributed by atoms with Crippen molar-refractivity contribution in [2.45, 2.75) is 12.4 Å². The molecule has 0 radical (unpaired) electrons. The number of hydrogen-bond donors (Lipinski definition) is 1. The van der Waals surface area contributed by atoms with Crippen molar-refractivity contribution < 1.29 is 22.8 Å². The highest BCUT2D eigenvalue weighted by molar-refractivity contribution is 6.32. The third kappa shape index (κ3) is 6.61. The number of nitrogens with zero attached hydrogens (tertiary/aromatic N) is 2. The molecule has 3 rings (SSSR count). The number of nitro groups is 1. The maximum atomic E-state index is 12.4. The van der Waals surface area contributed by atoms with Crippen LogP contribution in [-0.4, -0.2) is 42.4 Å². The van der Waals surface area contributed by atoms with Gasteiger partial charge in [-0.3, -0.25) is 15.0 Å². The standard InChI is InChI=1S/C18H17ClF3N3O3.2ClH/c19-15-6-3-13(11-16(15)25(26)27)17(24-9-7-23-8-10-24)12-1-4-14(5-2-12)28-18(20,21)22;;/h1-6,11,17,23H,7-10H2;2*1H/t17-;;/m1../s1. The van der Waals surface area contributed by atoms with Crippen molar-refractivity contribution >= 4 is 42.1 Å². The van der Waals surface area contributed by atoms with Crippen LogP contribution in [-0.2, 0) is 0 Å². The number of nitro benzene ring substituents is 1. The fraction of sp³-hybridized carbons (Fsp3) is 0.333. The molecule has 6 nitrogen and oxygen atoms in total. The first kappa shape index (κ1) is 26.3. The van der Waals surface area contributed by atoms with E-state index in [-0.39, 0.29) is 47.3 Å². The first-order chi connectivity index (χ1) is 13.2. The third-order valence-electron chi connectivity index (χ3n) is 4.43. The van der Waals surface area contributed by atoms with Crippen LogP contribution in [0.4, 0.5) is 18.9 Å². The first-order valence-electron chi connectivity index (χ1n) is 8.49. The fourth-order valence-electron chi connectivity index (χ4n) is 3.25. The summed E-state index contributed by atoms with van der Waals surface area (Å²) >= 11 is 5.92.